The Balaban J connectivity index is 0. The molecule has 190 valence electrons. The van der Waals surface area contributed by atoms with Gasteiger partial charge in [-0.05, 0) is 26.9 Å². The SMILES string of the molecule is CCCCCCCCCCCCCCCCCC(Cl)CCCCCCCCC.CNC. The van der Waals surface area contributed by atoms with Crippen molar-refractivity contribution >= 4 is 11.6 Å². The van der Waals surface area contributed by atoms with Crippen LogP contribution in [0, 0.1) is 0 Å². The van der Waals surface area contributed by atoms with E-state index in [9.17, 15) is 0 Å². The summed E-state index contributed by atoms with van der Waals surface area (Å²) in [7, 11) is 3.75. The topological polar surface area (TPSA) is 12.0 Å². The van der Waals surface area contributed by atoms with Crippen molar-refractivity contribution in [3.63, 3.8) is 0 Å². The Labute approximate surface area is 204 Å². The number of alkyl halides is 1. The van der Waals surface area contributed by atoms with Gasteiger partial charge in [-0.1, -0.05) is 155 Å². The normalized spacial score (nSPS) is 11.9. The fraction of sp³-hybridized carbons (Fsp3) is 1.00. The van der Waals surface area contributed by atoms with Crippen LogP contribution in [-0.4, -0.2) is 19.5 Å². The zero-order chi connectivity index (χ0) is 23.3. The summed E-state index contributed by atoms with van der Waals surface area (Å²) in [6, 6.07) is 0. The van der Waals surface area contributed by atoms with Crippen LogP contribution in [0.1, 0.15) is 168 Å². The molecule has 2 heteroatoms. The minimum atomic E-state index is 0.442. The molecule has 0 spiro atoms. The lowest BCUT2D eigenvalue weighted by Crippen LogP contribution is -1.98. The number of halogens is 1. The van der Waals surface area contributed by atoms with Crippen molar-refractivity contribution in [3.05, 3.63) is 0 Å². The molecule has 1 atom stereocenters. The van der Waals surface area contributed by atoms with Crippen molar-refractivity contribution in [2.45, 2.75) is 173 Å². The molecule has 0 saturated heterocycles. The second-order valence-corrected chi connectivity index (χ2v) is 10.4. The molecule has 1 N–H and O–H groups in total. The van der Waals surface area contributed by atoms with Gasteiger partial charge in [-0.2, -0.15) is 0 Å². The van der Waals surface area contributed by atoms with Crippen molar-refractivity contribution in [1.29, 1.82) is 0 Å². The highest BCUT2D eigenvalue weighted by molar-refractivity contribution is 6.20. The zero-order valence-electron chi connectivity index (χ0n) is 22.4. The maximum atomic E-state index is 6.50. The molecule has 0 aliphatic heterocycles. The van der Waals surface area contributed by atoms with Gasteiger partial charge >= 0.3 is 0 Å². The summed E-state index contributed by atoms with van der Waals surface area (Å²) in [5.74, 6) is 0. The minimum Gasteiger partial charge on any atom is -0.323 e. The Hall–Kier alpha value is 0.250. The van der Waals surface area contributed by atoms with E-state index in [1.807, 2.05) is 14.1 Å². The maximum absolute atomic E-state index is 6.50. The summed E-state index contributed by atoms with van der Waals surface area (Å²) in [5.41, 5.74) is 0. The molecular formula is C29H62ClN. The van der Waals surface area contributed by atoms with Gasteiger partial charge < -0.3 is 5.32 Å². The molecule has 0 aliphatic carbocycles. The quantitative estimate of drug-likeness (QED) is 0.112. The van der Waals surface area contributed by atoms with Crippen LogP contribution in [0.3, 0.4) is 0 Å². The van der Waals surface area contributed by atoms with Gasteiger partial charge in [0.2, 0.25) is 0 Å². The molecular weight excluding hydrogens is 398 g/mol. The first-order valence-corrected chi connectivity index (χ1v) is 14.9. The number of nitrogens with one attached hydrogen (secondary N) is 1. The molecule has 0 radical (unpaired) electrons. The largest absolute Gasteiger partial charge is 0.323 e. The molecule has 0 amide bonds. The molecule has 0 heterocycles. The zero-order valence-corrected chi connectivity index (χ0v) is 23.2. The summed E-state index contributed by atoms with van der Waals surface area (Å²) in [4.78, 5) is 0. The Morgan fingerprint density at radius 2 is 0.613 bits per heavy atom. The second-order valence-electron chi connectivity index (χ2n) is 9.75. The second kappa shape index (κ2) is 32.4. The molecule has 1 nitrogen and oxygen atoms in total. The van der Waals surface area contributed by atoms with Gasteiger partial charge in [-0.3, -0.25) is 0 Å². The van der Waals surface area contributed by atoms with Crippen LogP contribution in [0.4, 0.5) is 0 Å². The predicted molar refractivity (Wildman–Crippen MR) is 147 cm³/mol. The van der Waals surface area contributed by atoms with Crippen LogP contribution in [-0.2, 0) is 0 Å². The highest BCUT2D eigenvalue weighted by Gasteiger charge is 2.04. The van der Waals surface area contributed by atoms with E-state index in [1.54, 1.807) is 0 Å². The highest BCUT2D eigenvalue weighted by atomic mass is 35.5. The van der Waals surface area contributed by atoms with Crippen LogP contribution in [0.25, 0.3) is 0 Å². The molecule has 0 aliphatic rings. The summed E-state index contributed by atoms with van der Waals surface area (Å²) in [6.07, 6.45) is 33.9. The van der Waals surface area contributed by atoms with Gasteiger partial charge in [0.25, 0.3) is 0 Å². The van der Waals surface area contributed by atoms with Crippen molar-refractivity contribution in [1.82, 2.24) is 5.32 Å². The third kappa shape index (κ3) is 35.0. The van der Waals surface area contributed by atoms with Crippen molar-refractivity contribution in [2.75, 3.05) is 14.1 Å². The molecule has 0 fully saturated rings. The third-order valence-electron chi connectivity index (χ3n) is 6.24. The van der Waals surface area contributed by atoms with Gasteiger partial charge in [0.1, 0.15) is 0 Å². The lowest BCUT2D eigenvalue weighted by atomic mass is 10.0. The third-order valence-corrected chi connectivity index (χ3v) is 6.68. The van der Waals surface area contributed by atoms with Gasteiger partial charge in [0.15, 0.2) is 0 Å². The summed E-state index contributed by atoms with van der Waals surface area (Å²) < 4.78 is 0. The molecule has 0 aromatic carbocycles. The molecule has 1 unspecified atom stereocenters. The van der Waals surface area contributed by atoms with E-state index in [2.05, 4.69) is 19.2 Å². The van der Waals surface area contributed by atoms with Crippen LogP contribution in [0.15, 0.2) is 0 Å². The number of rotatable bonds is 24. The van der Waals surface area contributed by atoms with Crippen LogP contribution in [0.5, 0.6) is 0 Å². The minimum absolute atomic E-state index is 0.442. The average Bonchev–Trinajstić information content (AvgIpc) is 2.76. The van der Waals surface area contributed by atoms with Crippen LogP contribution in [0.2, 0.25) is 0 Å². The number of hydrogen-bond donors (Lipinski definition) is 1. The van der Waals surface area contributed by atoms with Gasteiger partial charge in [-0.25, -0.2) is 0 Å². The molecule has 0 rings (SSSR count). The van der Waals surface area contributed by atoms with E-state index in [1.165, 1.54) is 154 Å². The lowest BCUT2D eigenvalue weighted by Gasteiger charge is -2.09. The van der Waals surface area contributed by atoms with Gasteiger partial charge in [0, 0.05) is 5.38 Å². The Morgan fingerprint density at radius 1 is 0.419 bits per heavy atom. The van der Waals surface area contributed by atoms with E-state index in [4.69, 9.17) is 11.6 Å². The van der Waals surface area contributed by atoms with Gasteiger partial charge in [-0.15, -0.1) is 11.6 Å². The fourth-order valence-corrected chi connectivity index (χ4v) is 4.51. The average molecular weight is 460 g/mol. The standard InChI is InChI=1S/C27H55Cl.C2H7N/c1-3-5-7-9-11-12-13-14-15-16-17-18-20-22-24-26-27(28)25-23-21-19-10-8-6-4-2;1-3-2/h27H,3-26H2,1-2H3;3H,1-2H3. The first kappa shape index (κ1) is 33.4. The van der Waals surface area contributed by atoms with E-state index < -0.39 is 0 Å². The van der Waals surface area contributed by atoms with Crippen molar-refractivity contribution < 1.29 is 0 Å². The highest BCUT2D eigenvalue weighted by Crippen LogP contribution is 2.18. The molecule has 0 saturated carbocycles. The Morgan fingerprint density at radius 3 is 0.839 bits per heavy atom. The molecule has 31 heavy (non-hydrogen) atoms. The smallest absolute Gasteiger partial charge is 0.0336 e. The lowest BCUT2D eigenvalue weighted by molar-refractivity contribution is 0.519. The number of hydrogen-bond acceptors (Lipinski definition) is 1. The van der Waals surface area contributed by atoms with Crippen molar-refractivity contribution in [3.8, 4) is 0 Å². The molecule has 0 bridgehead atoms. The number of unbranched alkanes of at least 4 members (excludes halogenated alkanes) is 20. The van der Waals surface area contributed by atoms with E-state index >= 15 is 0 Å². The van der Waals surface area contributed by atoms with E-state index in [0.717, 1.165) is 0 Å². The Bertz CT molecular complexity index is 282. The van der Waals surface area contributed by atoms with E-state index in [0.29, 0.717) is 5.38 Å². The summed E-state index contributed by atoms with van der Waals surface area (Å²) in [6.45, 7) is 4.59. The molecule has 0 aromatic rings. The van der Waals surface area contributed by atoms with Crippen LogP contribution < -0.4 is 5.32 Å². The van der Waals surface area contributed by atoms with E-state index in [-0.39, 0.29) is 0 Å². The predicted octanol–water partition coefficient (Wildman–Crippen LogP) is 10.8. The summed E-state index contributed by atoms with van der Waals surface area (Å²) >= 11 is 6.50. The monoisotopic (exact) mass is 459 g/mol. The van der Waals surface area contributed by atoms with Gasteiger partial charge in [0.05, 0.1) is 0 Å². The fourth-order valence-electron chi connectivity index (χ4n) is 4.20. The van der Waals surface area contributed by atoms with Crippen LogP contribution >= 0.6 is 11.6 Å². The summed E-state index contributed by atoms with van der Waals surface area (Å²) in [5, 5.41) is 3.19. The first-order valence-electron chi connectivity index (χ1n) is 14.4. The Kier molecular flexibility index (Phi) is 35.0. The molecule has 0 aromatic heterocycles. The van der Waals surface area contributed by atoms with Crippen molar-refractivity contribution in [2.24, 2.45) is 0 Å². The maximum Gasteiger partial charge on any atom is 0.0336 e. The first-order chi connectivity index (χ1) is 15.2.